The van der Waals surface area contributed by atoms with Crippen LogP contribution in [0.15, 0.2) is 12.3 Å². The van der Waals surface area contributed by atoms with E-state index in [0.717, 1.165) is 25.9 Å². The number of hydrogen-bond acceptors (Lipinski definition) is 4. The molecule has 1 amide bonds. The number of carbonyl (C=O) groups excluding carboxylic acids is 1. The van der Waals surface area contributed by atoms with Gasteiger partial charge in [0.2, 0.25) is 0 Å². The van der Waals surface area contributed by atoms with E-state index in [1.807, 2.05) is 0 Å². The third-order valence-electron chi connectivity index (χ3n) is 3.29. The summed E-state index contributed by atoms with van der Waals surface area (Å²) < 4.78 is 1.20. The summed E-state index contributed by atoms with van der Waals surface area (Å²) in [6.45, 7) is 1.61. The Hall–Kier alpha value is -1.89. The van der Waals surface area contributed by atoms with Gasteiger partial charge in [-0.2, -0.15) is 5.10 Å². The van der Waals surface area contributed by atoms with Crippen LogP contribution in [0.1, 0.15) is 23.3 Å². The van der Waals surface area contributed by atoms with Crippen LogP contribution in [-0.2, 0) is 11.3 Å². The molecule has 1 aromatic rings. The van der Waals surface area contributed by atoms with Crippen molar-refractivity contribution < 1.29 is 14.7 Å². The summed E-state index contributed by atoms with van der Waals surface area (Å²) in [6.07, 6.45) is 3.26. The average Bonchev–Trinajstić information content (AvgIpc) is 2.79. The molecule has 7 heteroatoms. The Morgan fingerprint density at radius 1 is 1.47 bits per heavy atom. The lowest BCUT2D eigenvalue weighted by Crippen LogP contribution is -2.43. The third kappa shape index (κ3) is 3.54. The highest BCUT2D eigenvalue weighted by Gasteiger charge is 2.21. The largest absolute Gasteiger partial charge is 0.480 e. The number of piperidine rings is 1. The van der Waals surface area contributed by atoms with Crippen LogP contribution in [-0.4, -0.2) is 57.8 Å². The number of amides is 1. The standard InChI is InChI=1S/C12H18N4O3/c1-15-6-3-9(4-7-15)14-12(19)10-2-5-13-16(10)8-11(17)18/h2,5,9H,3-4,6-8H2,1H3,(H,14,19)(H,17,18). The molecule has 1 aromatic heterocycles. The molecule has 1 aliphatic rings. The zero-order valence-electron chi connectivity index (χ0n) is 10.9. The highest BCUT2D eigenvalue weighted by molar-refractivity contribution is 5.93. The number of nitrogens with one attached hydrogen (secondary N) is 1. The maximum absolute atomic E-state index is 12.1. The molecule has 7 nitrogen and oxygen atoms in total. The molecular weight excluding hydrogens is 248 g/mol. The fourth-order valence-corrected chi connectivity index (χ4v) is 2.19. The van der Waals surface area contributed by atoms with Gasteiger partial charge in [-0.25, -0.2) is 4.68 Å². The second-order valence-corrected chi connectivity index (χ2v) is 4.82. The Bertz CT molecular complexity index is 463. The van der Waals surface area contributed by atoms with Crippen LogP contribution < -0.4 is 5.32 Å². The first-order valence-corrected chi connectivity index (χ1v) is 6.29. The molecule has 0 aromatic carbocycles. The minimum atomic E-state index is -1.02. The van der Waals surface area contributed by atoms with Crippen molar-refractivity contribution in [3.05, 3.63) is 18.0 Å². The first kappa shape index (κ1) is 13.5. The fourth-order valence-electron chi connectivity index (χ4n) is 2.19. The quantitative estimate of drug-likeness (QED) is 0.787. The van der Waals surface area contributed by atoms with E-state index < -0.39 is 5.97 Å². The second kappa shape index (κ2) is 5.83. The summed E-state index contributed by atoms with van der Waals surface area (Å²) in [7, 11) is 2.06. The van der Waals surface area contributed by atoms with Gasteiger partial charge < -0.3 is 15.3 Å². The molecule has 0 bridgehead atoms. The molecule has 0 spiro atoms. The highest BCUT2D eigenvalue weighted by Crippen LogP contribution is 2.09. The van der Waals surface area contributed by atoms with Gasteiger partial charge in [-0.3, -0.25) is 9.59 Å². The van der Waals surface area contributed by atoms with Crippen LogP contribution in [0.5, 0.6) is 0 Å². The fraction of sp³-hybridized carbons (Fsp3) is 0.583. The molecule has 2 rings (SSSR count). The number of carboxylic acid groups (broad SMARTS) is 1. The number of carboxylic acids is 1. The molecule has 0 radical (unpaired) electrons. The van der Waals surface area contributed by atoms with Crippen molar-refractivity contribution >= 4 is 11.9 Å². The number of aromatic nitrogens is 2. The summed E-state index contributed by atoms with van der Waals surface area (Å²) in [5.41, 5.74) is 0.293. The van der Waals surface area contributed by atoms with Crippen molar-refractivity contribution in [2.45, 2.75) is 25.4 Å². The lowest BCUT2D eigenvalue weighted by Gasteiger charge is -2.29. The van der Waals surface area contributed by atoms with E-state index in [4.69, 9.17) is 5.11 Å². The van der Waals surface area contributed by atoms with Gasteiger partial charge in [-0.1, -0.05) is 0 Å². The Morgan fingerprint density at radius 2 is 2.16 bits per heavy atom. The normalized spacial score (nSPS) is 17.3. The van der Waals surface area contributed by atoms with Gasteiger partial charge in [0.15, 0.2) is 0 Å². The van der Waals surface area contributed by atoms with E-state index >= 15 is 0 Å². The van der Waals surface area contributed by atoms with Crippen molar-refractivity contribution in [3.63, 3.8) is 0 Å². The third-order valence-corrected chi connectivity index (χ3v) is 3.29. The molecule has 1 saturated heterocycles. The van der Waals surface area contributed by atoms with Crippen molar-refractivity contribution in [2.75, 3.05) is 20.1 Å². The number of aliphatic carboxylic acids is 1. The van der Waals surface area contributed by atoms with Gasteiger partial charge in [0.25, 0.3) is 5.91 Å². The lowest BCUT2D eigenvalue weighted by molar-refractivity contribution is -0.137. The van der Waals surface area contributed by atoms with E-state index in [-0.39, 0.29) is 18.5 Å². The Balaban J connectivity index is 1.96. The SMILES string of the molecule is CN1CCC(NC(=O)c2ccnn2CC(=O)O)CC1. The summed E-state index contributed by atoms with van der Waals surface area (Å²) in [4.78, 5) is 25.0. The summed E-state index contributed by atoms with van der Waals surface area (Å²) in [5, 5.41) is 15.5. The molecule has 1 aliphatic heterocycles. The topological polar surface area (TPSA) is 87.5 Å². The molecular formula is C12H18N4O3. The van der Waals surface area contributed by atoms with Crippen LogP contribution >= 0.6 is 0 Å². The lowest BCUT2D eigenvalue weighted by atomic mass is 10.1. The van der Waals surface area contributed by atoms with Crippen molar-refractivity contribution in [2.24, 2.45) is 0 Å². The van der Waals surface area contributed by atoms with Gasteiger partial charge in [-0.15, -0.1) is 0 Å². The monoisotopic (exact) mass is 266 g/mol. The number of likely N-dealkylation sites (tertiary alicyclic amines) is 1. The van der Waals surface area contributed by atoms with Gasteiger partial charge in [0.05, 0.1) is 0 Å². The molecule has 2 heterocycles. The van der Waals surface area contributed by atoms with Crippen LogP contribution in [0.4, 0.5) is 0 Å². The van der Waals surface area contributed by atoms with Crippen LogP contribution in [0, 0.1) is 0 Å². The van der Waals surface area contributed by atoms with Gasteiger partial charge in [-0.05, 0) is 39.0 Å². The molecule has 0 aliphatic carbocycles. The van der Waals surface area contributed by atoms with Crippen LogP contribution in [0.25, 0.3) is 0 Å². The minimum absolute atomic E-state index is 0.150. The van der Waals surface area contributed by atoms with Gasteiger partial charge in [0.1, 0.15) is 12.2 Å². The zero-order valence-corrected chi connectivity index (χ0v) is 10.9. The Morgan fingerprint density at radius 3 is 2.79 bits per heavy atom. The molecule has 0 unspecified atom stereocenters. The molecule has 19 heavy (non-hydrogen) atoms. The number of nitrogens with zero attached hydrogens (tertiary/aromatic N) is 3. The van der Waals surface area contributed by atoms with E-state index in [0.29, 0.717) is 5.69 Å². The number of rotatable bonds is 4. The zero-order chi connectivity index (χ0) is 13.8. The van der Waals surface area contributed by atoms with E-state index in [2.05, 4.69) is 22.4 Å². The molecule has 0 atom stereocenters. The first-order valence-electron chi connectivity index (χ1n) is 6.29. The summed E-state index contributed by atoms with van der Waals surface area (Å²) in [5.74, 6) is -1.27. The minimum Gasteiger partial charge on any atom is -0.480 e. The predicted molar refractivity (Wildman–Crippen MR) is 67.8 cm³/mol. The van der Waals surface area contributed by atoms with E-state index in [1.54, 1.807) is 0 Å². The van der Waals surface area contributed by atoms with Gasteiger partial charge in [0, 0.05) is 12.2 Å². The Kier molecular flexibility index (Phi) is 4.16. The van der Waals surface area contributed by atoms with E-state index in [1.165, 1.54) is 16.9 Å². The predicted octanol–water partition coefficient (Wildman–Crippen LogP) is -0.208. The first-order chi connectivity index (χ1) is 9.06. The molecule has 104 valence electrons. The number of carbonyl (C=O) groups is 2. The molecule has 0 saturated carbocycles. The van der Waals surface area contributed by atoms with Crippen molar-refractivity contribution in [1.29, 1.82) is 0 Å². The number of hydrogen-bond donors (Lipinski definition) is 2. The smallest absolute Gasteiger partial charge is 0.325 e. The molecule has 2 N–H and O–H groups in total. The van der Waals surface area contributed by atoms with Gasteiger partial charge >= 0.3 is 5.97 Å². The maximum atomic E-state index is 12.1. The van der Waals surface area contributed by atoms with E-state index in [9.17, 15) is 9.59 Å². The summed E-state index contributed by atoms with van der Waals surface area (Å²) >= 11 is 0. The second-order valence-electron chi connectivity index (χ2n) is 4.82. The summed E-state index contributed by atoms with van der Waals surface area (Å²) in [6, 6.07) is 1.68. The maximum Gasteiger partial charge on any atom is 0.325 e. The molecule has 1 fully saturated rings. The van der Waals surface area contributed by atoms with Crippen LogP contribution in [0.3, 0.4) is 0 Å². The van der Waals surface area contributed by atoms with Crippen LogP contribution in [0.2, 0.25) is 0 Å². The average molecular weight is 266 g/mol. The Labute approximate surface area is 111 Å². The highest BCUT2D eigenvalue weighted by atomic mass is 16.4. The van der Waals surface area contributed by atoms with Crippen molar-refractivity contribution in [3.8, 4) is 0 Å². The van der Waals surface area contributed by atoms with Crippen molar-refractivity contribution in [1.82, 2.24) is 20.0 Å².